The zero-order valence-electron chi connectivity index (χ0n) is 13.4. The fourth-order valence-electron chi connectivity index (χ4n) is 3.26. The Balaban J connectivity index is 0.00000220. The zero-order valence-corrected chi connectivity index (χ0v) is 15.0. The molecule has 1 aliphatic carbocycles. The summed E-state index contributed by atoms with van der Waals surface area (Å²) in [4.78, 5) is 15.1. The van der Waals surface area contributed by atoms with Gasteiger partial charge in [-0.15, -0.1) is 23.7 Å². The number of amides is 1. The number of hydrogen-bond acceptors (Lipinski definition) is 3. The highest BCUT2D eigenvalue weighted by Crippen LogP contribution is 2.33. The fourth-order valence-corrected chi connectivity index (χ4v) is 4.28. The van der Waals surface area contributed by atoms with E-state index in [-0.39, 0.29) is 35.8 Å². The molecule has 0 radical (unpaired) electrons. The fraction of sp³-hybridized carbons (Fsp3) is 0.688. The van der Waals surface area contributed by atoms with Gasteiger partial charge in [-0.25, -0.2) is 0 Å². The van der Waals surface area contributed by atoms with E-state index < -0.39 is 0 Å². The van der Waals surface area contributed by atoms with Crippen LogP contribution in [0.15, 0.2) is 6.07 Å². The van der Waals surface area contributed by atoms with E-state index in [1.165, 1.54) is 15.3 Å². The molecule has 3 N–H and O–H groups in total. The van der Waals surface area contributed by atoms with Gasteiger partial charge in [0.05, 0.1) is 12.0 Å². The maximum atomic E-state index is 12.5. The Bertz CT molecular complexity index is 498. The third-order valence-electron chi connectivity index (χ3n) is 4.48. The Morgan fingerprint density at radius 3 is 2.67 bits per heavy atom. The van der Waals surface area contributed by atoms with Crippen LogP contribution in [0.5, 0.6) is 0 Å². The van der Waals surface area contributed by atoms with Crippen LogP contribution >= 0.6 is 23.7 Å². The predicted molar refractivity (Wildman–Crippen MR) is 92.1 cm³/mol. The van der Waals surface area contributed by atoms with E-state index in [1.807, 2.05) is 6.92 Å². The first-order chi connectivity index (χ1) is 9.31. The van der Waals surface area contributed by atoms with Crippen LogP contribution in [0.2, 0.25) is 0 Å². The minimum atomic E-state index is -0.359. The van der Waals surface area contributed by atoms with Gasteiger partial charge in [-0.05, 0) is 52.2 Å². The lowest BCUT2D eigenvalue weighted by Gasteiger charge is -2.37. The minimum absolute atomic E-state index is 0. The monoisotopic (exact) mass is 330 g/mol. The summed E-state index contributed by atoms with van der Waals surface area (Å²) in [5.74, 6) is 0.0594. The molecule has 3 unspecified atom stereocenters. The van der Waals surface area contributed by atoms with Crippen LogP contribution in [0.4, 0.5) is 0 Å². The van der Waals surface area contributed by atoms with Gasteiger partial charge in [0.2, 0.25) is 5.91 Å². The molecule has 1 aliphatic rings. The molecule has 1 fully saturated rings. The average Bonchev–Trinajstić information content (AvgIpc) is 2.67. The molecule has 1 heterocycles. The number of nitrogens with one attached hydrogen (secondary N) is 1. The summed E-state index contributed by atoms with van der Waals surface area (Å²) < 4.78 is 0. The summed E-state index contributed by atoms with van der Waals surface area (Å²) in [5, 5.41) is 3.16. The molecule has 2 rings (SSSR count). The molecule has 120 valence electrons. The topological polar surface area (TPSA) is 55.1 Å². The lowest BCUT2D eigenvalue weighted by molar-refractivity contribution is -0.128. The quantitative estimate of drug-likeness (QED) is 0.883. The van der Waals surface area contributed by atoms with Crippen LogP contribution in [0, 0.1) is 19.8 Å². The number of carbonyl (C=O) groups is 1. The van der Waals surface area contributed by atoms with Gasteiger partial charge in [-0.2, -0.15) is 0 Å². The molecule has 0 aliphatic heterocycles. The second-order valence-electron chi connectivity index (χ2n) is 6.40. The van der Waals surface area contributed by atoms with E-state index in [4.69, 9.17) is 5.73 Å². The maximum absolute atomic E-state index is 12.5. The van der Waals surface area contributed by atoms with Crippen molar-refractivity contribution in [3.05, 3.63) is 21.4 Å². The molecule has 1 aromatic heterocycles. The standard InChI is InChI=1S/C16H26N2OS.ClH/c1-10-9-13(12(3)20-10)11(2)18-15(19)14-7-5-6-8-16(14,4)17;/h9,11,14H,5-8,17H2,1-4H3,(H,18,19);1H. The molecule has 1 aromatic rings. The molecule has 1 amide bonds. The van der Waals surface area contributed by atoms with Crippen molar-refractivity contribution in [2.24, 2.45) is 11.7 Å². The zero-order chi connectivity index (χ0) is 14.9. The normalized spacial score (nSPS) is 26.8. The van der Waals surface area contributed by atoms with Crippen molar-refractivity contribution in [3.63, 3.8) is 0 Å². The second-order valence-corrected chi connectivity index (χ2v) is 7.86. The Labute approximate surface area is 138 Å². The van der Waals surface area contributed by atoms with Crippen molar-refractivity contribution in [1.82, 2.24) is 5.32 Å². The summed E-state index contributed by atoms with van der Waals surface area (Å²) >= 11 is 1.78. The molecule has 5 heteroatoms. The SMILES string of the molecule is Cc1cc(C(C)NC(=O)C2CCCCC2(C)N)c(C)s1.Cl. The first-order valence-electron chi connectivity index (χ1n) is 7.47. The van der Waals surface area contributed by atoms with Crippen molar-refractivity contribution >= 4 is 29.7 Å². The maximum Gasteiger partial charge on any atom is 0.225 e. The second kappa shape index (κ2) is 7.12. The van der Waals surface area contributed by atoms with E-state index in [1.54, 1.807) is 11.3 Å². The van der Waals surface area contributed by atoms with Crippen LogP contribution in [-0.4, -0.2) is 11.4 Å². The molecule has 3 nitrogen and oxygen atoms in total. The third kappa shape index (κ3) is 4.21. The van der Waals surface area contributed by atoms with Gasteiger partial charge in [-0.1, -0.05) is 12.8 Å². The summed E-state index contributed by atoms with van der Waals surface area (Å²) in [6.45, 7) is 8.29. The van der Waals surface area contributed by atoms with E-state index in [0.717, 1.165) is 25.7 Å². The number of hydrogen-bond donors (Lipinski definition) is 2. The van der Waals surface area contributed by atoms with Crippen LogP contribution in [0.25, 0.3) is 0 Å². The highest BCUT2D eigenvalue weighted by atomic mass is 35.5. The Kier molecular flexibility index (Phi) is 6.26. The smallest absolute Gasteiger partial charge is 0.225 e. The Hall–Kier alpha value is -0.580. The van der Waals surface area contributed by atoms with Gasteiger partial charge < -0.3 is 11.1 Å². The summed E-state index contributed by atoms with van der Waals surface area (Å²) in [5.41, 5.74) is 7.18. The molecule has 0 aromatic carbocycles. The molecule has 0 bridgehead atoms. The molecule has 21 heavy (non-hydrogen) atoms. The number of aryl methyl sites for hydroxylation is 2. The van der Waals surface area contributed by atoms with Crippen LogP contribution in [-0.2, 0) is 4.79 Å². The third-order valence-corrected chi connectivity index (χ3v) is 5.46. The average molecular weight is 331 g/mol. The number of nitrogens with two attached hydrogens (primary N) is 1. The number of carbonyl (C=O) groups excluding carboxylic acids is 1. The van der Waals surface area contributed by atoms with Gasteiger partial charge in [0.15, 0.2) is 0 Å². The van der Waals surface area contributed by atoms with Crippen molar-refractivity contribution in [3.8, 4) is 0 Å². The van der Waals surface area contributed by atoms with Crippen LogP contribution in [0.1, 0.15) is 60.9 Å². The highest BCUT2D eigenvalue weighted by molar-refractivity contribution is 7.12. The Morgan fingerprint density at radius 1 is 1.48 bits per heavy atom. The van der Waals surface area contributed by atoms with Gasteiger partial charge in [0.25, 0.3) is 0 Å². The van der Waals surface area contributed by atoms with Gasteiger partial charge in [0, 0.05) is 15.3 Å². The summed E-state index contributed by atoms with van der Waals surface area (Å²) in [7, 11) is 0. The lowest BCUT2D eigenvalue weighted by atomic mass is 9.74. The first-order valence-corrected chi connectivity index (χ1v) is 8.29. The van der Waals surface area contributed by atoms with Crippen molar-refractivity contribution in [2.75, 3.05) is 0 Å². The Morgan fingerprint density at radius 2 is 2.14 bits per heavy atom. The van der Waals surface area contributed by atoms with Gasteiger partial charge in [0.1, 0.15) is 0 Å². The summed E-state index contributed by atoms with van der Waals surface area (Å²) in [6, 6.07) is 2.23. The van der Waals surface area contributed by atoms with Gasteiger partial charge >= 0.3 is 0 Å². The molecule has 0 saturated heterocycles. The molecular weight excluding hydrogens is 304 g/mol. The van der Waals surface area contributed by atoms with Crippen molar-refractivity contribution < 1.29 is 4.79 Å². The molecule has 0 spiro atoms. The molecular formula is C16H27ClN2OS. The minimum Gasteiger partial charge on any atom is -0.349 e. The van der Waals surface area contributed by atoms with E-state index >= 15 is 0 Å². The molecule has 1 saturated carbocycles. The number of halogens is 1. The van der Waals surface area contributed by atoms with E-state index in [0.29, 0.717) is 0 Å². The number of rotatable bonds is 3. The van der Waals surface area contributed by atoms with Crippen LogP contribution in [0.3, 0.4) is 0 Å². The highest BCUT2D eigenvalue weighted by Gasteiger charge is 2.38. The van der Waals surface area contributed by atoms with Crippen LogP contribution < -0.4 is 11.1 Å². The van der Waals surface area contributed by atoms with E-state index in [9.17, 15) is 4.79 Å². The van der Waals surface area contributed by atoms with Gasteiger partial charge in [-0.3, -0.25) is 4.79 Å². The largest absolute Gasteiger partial charge is 0.349 e. The van der Waals surface area contributed by atoms with Crippen molar-refractivity contribution in [2.45, 2.75) is 65.0 Å². The van der Waals surface area contributed by atoms with E-state index in [2.05, 4.69) is 32.2 Å². The van der Waals surface area contributed by atoms with Crippen molar-refractivity contribution in [1.29, 1.82) is 0 Å². The lowest BCUT2D eigenvalue weighted by Crippen LogP contribution is -2.53. The summed E-state index contributed by atoms with van der Waals surface area (Å²) in [6.07, 6.45) is 4.09. The molecule has 3 atom stereocenters. The number of thiophene rings is 1. The predicted octanol–water partition coefficient (Wildman–Crippen LogP) is 3.87. The first kappa shape index (κ1) is 18.5.